The van der Waals surface area contributed by atoms with E-state index < -0.39 is 0 Å². The highest BCUT2D eigenvalue weighted by molar-refractivity contribution is 5.22. The first kappa shape index (κ1) is 17.2. The molecule has 0 saturated heterocycles. The normalized spacial score (nSPS) is 31.1. The third kappa shape index (κ3) is 4.94. The van der Waals surface area contributed by atoms with Crippen LogP contribution in [0.4, 0.5) is 0 Å². The maximum Gasteiger partial charge on any atom is 0.0647 e. The minimum Gasteiger partial charge on any atom is -0.377 e. The van der Waals surface area contributed by atoms with E-state index in [1.165, 1.54) is 24.8 Å². The zero-order valence-corrected chi connectivity index (χ0v) is 13.8. The lowest BCUT2D eigenvalue weighted by Gasteiger charge is -2.38. The molecule has 0 aromatic heterocycles. The molecule has 1 heteroatoms. The Hall–Kier alpha value is -0.820. The fourth-order valence-corrected chi connectivity index (χ4v) is 3.23. The molecule has 0 aromatic carbocycles. The molecule has 3 unspecified atom stereocenters. The van der Waals surface area contributed by atoms with E-state index in [1.807, 2.05) is 0 Å². The Balaban J connectivity index is 2.93. The Labute approximate surface area is 125 Å². The Morgan fingerprint density at radius 2 is 2.10 bits per heavy atom. The molecule has 0 N–H and O–H groups in total. The first-order valence-corrected chi connectivity index (χ1v) is 8.15. The molecule has 0 spiro atoms. The monoisotopic (exact) mass is 276 g/mol. The van der Waals surface area contributed by atoms with Gasteiger partial charge in [-0.3, -0.25) is 0 Å². The number of hydrogen-bond donors (Lipinski definition) is 0. The molecule has 1 aliphatic rings. The van der Waals surface area contributed by atoms with Crippen LogP contribution in [0.5, 0.6) is 0 Å². The van der Waals surface area contributed by atoms with Gasteiger partial charge >= 0.3 is 0 Å². The van der Waals surface area contributed by atoms with Crippen LogP contribution in [0, 0.1) is 17.3 Å². The Morgan fingerprint density at radius 3 is 2.75 bits per heavy atom. The maximum absolute atomic E-state index is 5.75. The summed E-state index contributed by atoms with van der Waals surface area (Å²) in [5.41, 5.74) is 1.61. The maximum atomic E-state index is 5.75. The van der Waals surface area contributed by atoms with E-state index in [1.54, 1.807) is 0 Å². The van der Waals surface area contributed by atoms with Gasteiger partial charge < -0.3 is 4.74 Å². The molecule has 114 valence electrons. The van der Waals surface area contributed by atoms with Gasteiger partial charge in [0.2, 0.25) is 0 Å². The van der Waals surface area contributed by atoms with Crippen LogP contribution in [0.1, 0.15) is 53.4 Å². The largest absolute Gasteiger partial charge is 0.377 e. The van der Waals surface area contributed by atoms with Crippen LogP contribution in [0.2, 0.25) is 0 Å². The van der Waals surface area contributed by atoms with Gasteiger partial charge in [0.05, 0.1) is 6.61 Å². The molecule has 0 amide bonds. The topological polar surface area (TPSA) is 9.23 Å². The van der Waals surface area contributed by atoms with Crippen LogP contribution in [-0.4, -0.2) is 13.2 Å². The molecular formula is C19H32O. The first-order chi connectivity index (χ1) is 9.53. The Morgan fingerprint density at radius 1 is 1.35 bits per heavy atom. The summed E-state index contributed by atoms with van der Waals surface area (Å²) in [5.74, 6) is 0.974. The van der Waals surface area contributed by atoms with Crippen molar-refractivity contribution in [3.05, 3.63) is 36.5 Å². The molecule has 0 saturated carbocycles. The molecule has 0 fully saturated rings. The molecule has 1 nitrogen and oxygen atoms in total. The summed E-state index contributed by atoms with van der Waals surface area (Å²) in [5, 5.41) is 0. The van der Waals surface area contributed by atoms with E-state index in [-0.39, 0.29) is 0 Å². The highest BCUT2D eigenvalue weighted by atomic mass is 16.5. The van der Waals surface area contributed by atoms with Crippen molar-refractivity contribution >= 4 is 0 Å². The average Bonchev–Trinajstić information content (AvgIpc) is 2.46. The third-order valence-electron chi connectivity index (χ3n) is 4.74. The van der Waals surface area contributed by atoms with Crippen molar-refractivity contribution < 1.29 is 4.74 Å². The molecule has 3 atom stereocenters. The molecule has 0 radical (unpaired) electrons. The lowest BCUT2D eigenvalue weighted by molar-refractivity contribution is 0.108. The van der Waals surface area contributed by atoms with Crippen molar-refractivity contribution in [2.75, 3.05) is 13.2 Å². The van der Waals surface area contributed by atoms with Crippen molar-refractivity contribution in [2.45, 2.75) is 53.4 Å². The molecule has 1 aliphatic heterocycles. The molecule has 1 heterocycles. The van der Waals surface area contributed by atoms with Gasteiger partial charge in [-0.05, 0) is 30.1 Å². The van der Waals surface area contributed by atoms with Crippen molar-refractivity contribution in [3.8, 4) is 0 Å². The first-order valence-electron chi connectivity index (χ1n) is 8.15. The highest BCUT2D eigenvalue weighted by Crippen LogP contribution is 2.42. The van der Waals surface area contributed by atoms with E-state index in [0.29, 0.717) is 17.3 Å². The predicted octanol–water partition coefficient (Wildman–Crippen LogP) is 5.54. The second kappa shape index (κ2) is 8.46. The van der Waals surface area contributed by atoms with Gasteiger partial charge in [-0.25, -0.2) is 0 Å². The predicted molar refractivity (Wildman–Crippen MR) is 88.8 cm³/mol. The molecule has 0 aliphatic carbocycles. The molecule has 1 rings (SSSR count). The second-order valence-electron chi connectivity index (χ2n) is 6.40. The minimum absolute atomic E-state index is 0.338. The van der Waals surface area contributed by atoms with Crippen LogP contribution >= 0.6 is 0 Å². The van der Waals surface area contributed by atoms with Gasteiger partial charge in [0.1, 0.15) is 0 Å². The SMILES string of the molecule is C=C1/C=C\C(C)/C=C\COCCC1C(C)(CC)CCC. The molecular weight excluding hydrogens is 244 g/mol. The van der Waals surface area contributed by atoms with E-state index in [0.717, 1.165) is 19.6 Å². The van der Waals surface area contributed by atoms with Crippen LogP contribution in [-0.2, 0) is 4.74 Å². The zero-order chi connectivity index (χ0) is 15.0. The standard InChI is InChI=1S/C19H32O/c1-6-13-19(5,7-2)18-12-15-20-14-8-9-16(3)10-11-17(18)4/h8-11,16,18H,4,6-7,12-15H2,1-3,5H3/b9-8-,11-10-. The van der Waals surface area contributed by atoms with Crippen molar-refractivity contribution in [2.24, 2.45) is 17.3 Å². The number of rotatable bonds is 4. The van der Waals surface area contributed by atoms with Crippen LogP contribution < -0.4 is 0 Å². The average molecular weight is 276 g/mol. The Bertz CT molecular complexity index is 353. The van der Waals surface area contributed by atoms with Gasteiger partial charge in [-0.15, -0.1) is 0 Å². The summed E-state index contributed by atoms with van der Waals surface area (Å²) in [6.45, 7) is 15.1. The smallest absolute Gasteiger partial charge is 0.0647 e. The van der Waals surface area contributed by atoms with Crippen molar-refractivity contribution in [1.82, 2.24) is 0 Å². The molecule has 0 bridgehead atoms. The second-order valence-corrected chi connectivity index (χ2v) is 6.40. The van der Waals surface area contributed by atoms with Gasteiger partial charge in [0, 0.05) is 6.61 Å². The van der Waals surface area contributed by atoms with Gasteiger partial charge in [-0.2, -0.15) is 0 Å². The van der Waals surface area contributed by atoms with E-state index >= 15 is 0 Å². The summed E-state index contributed by atoms with van der Waals surface area (Å²) in [4.78, 5) is 0. The summed E-state index contributed by atoms with van der Waals surface area (Å²) >= 11 is 0. The molecule has 20 heavy (non-hydrogen) atoms. The minimum atomic E-state index is 0.338. The quantitative estimate of drug-likeness (QED) is 0.612. The Kier molecular flexibility index (Phi) is 7.29. The fourth-order valence-electron chi connectivity index (χ4n) is 3.23. The number of allylic oxidation sites excluding steroid dienone is 4. The lowest BCUT2D eigenvalue weighted by atomic mass is 9.67. The fraction of sp³-hybridized carbons (Fsp3) is 0.684. The number of ether oxygens (including phenoxy) is 1. The van der Waals surface area contributed by atoms with E-state index in [2.05, 4.69) is 58.6 Å². The molecule has 0 aromatic rings. The van der Waals surface area contributed by atoms with Crippen LogP contribution in [0.15, 0.2) is 36.5 Å². The zero-order valence-electron chi connectivity index (χ0n) is 13.8. The van der Waals surface area contributed by atoms with E-state index in [4.69, 9.17) is 4.74 Å². The van der Waals surface area contributed by atoms with E-state index in [9.17, 15) is 0 Å². The van der Waals surface area contributed by atoms with Gasteiger partial charge in [-0.1, -0.05) is 77.0 Å². The number of hydrogen-bond acceptors (Lipinski definition) is 1. The van der Waals surface area contributed by atoms with Gasteiger partial charge in [0.15, 0.2) is 0 Å². The van der Waals surface area contributed by atoms with Crippen LogP contribution in [0.3, 0.4) is 0 Å². The summed E-state index contributed by atoms with van der Waals surface area (Å²) in [6, 6.07) is 0. The third-order valence-corrected chi connectivity index (χ3v) is 4.74. The van der Waals surface area contributed by atoms with Gasteiger partial charge in [0.25, 0.3) is 0 Å². The van der Waals surface area contributed by atoms with Crippen molar-refractivity contribution in [3.63, 3.8) is 0 Å². The summed E-state index contributed by atoms with van der Waals surface area (Å²) in [7, 11) is 0. The lowest BCUT2D eigenvalue weighted by Crippen LogP contribution is -2.29. The van der Waals surface area contributed by atoms with Crippen LogP contribution in [0.25, 0.3) is 0 Å². The summed E-state index contributed by atoms with van der Waals surface area (Å²) < 4.78 is 5.75. The van der Waals surface area contributed by atoms with Crippen molar-refractivity contribution in [1.29, 1.82) is 0 Å². The summed E-state index contributed by atoms with van der Waals surface area (Å²) in [6.07, 6.45) is 13.6. The highest BCUT2D eigenvalue weighted by Gasteiger charge is 2.32.